The molecule has 6 heteroatoms. The van der Waals surface area contributed by atoms with Crippen LogP contribution in [0.4, 0.5) is 5.69 Å². The van der Waals surface area contributed by atoms with Crippen molar-refractivity contribution in [1.29, 1.82) is 0 Å². The fourth-order valence-electron chi connectivity index (χ4n) is 2.58. The summed E-state index contributed by atoms with van der Waals surface area (Å²) in [6, 6.07) is 16.8. The third-order valence-corrected chi connectivity index (χ3v) is 3.90. The highest BCUT2D eigenvalue weighted by molar-refractivity contribution is 5.95. The molecule has 0 saturated heterocycles. The predicted octanol–water partition coefficient (Wildman–Crippen LogP) is 4.02. The fraction of sp³-hybridized carbons (Fsp3) is 0.105. The lowest BCUT2D eigenvalue weighted by molar-refractivity contribution is -0.385. The molecule has 0 aliphatic heterocycles. The molecule has 0 aliphatic carbocycles. The van der Waals surface area contributed by atoms with E-state index in [-0.39, 0.29) is 11.3 Å². The normalized spacial score (nSPS) is 11.7. The van der Waals surface area contributed by atoms with Gasteiger partial charge in [0.2, 0.25) is 0 Å². The fourth-order valence-corrected chi connectivity index (χ4v) is 2.58. The zero-order valence-corrected chi connectivity index (χ0v) is 13.5. The maximum absolute atomic E-state index is 12.6. The minimum atomic E-state index is -0.493. The highest BCUT2D eigenvalue weighted by Crippen LogP contribution is 2.24. The number of nitrogens with zero attached hydrogens (tertiary/aromatic N) is 1. The lowest BCUT2D eigenvalue weighted by Gasteiger charge is -2.17. The van der Waals surface area contributed by atoms with Gasteiger partial charge >= 0.3 is 0 Å². The Balaban J connectivity index is 1.91. The molecule has 1 atom stereocenters. The summed E-state index contributed by atoms with van der Waals surface area (Å²) >= 11 is 0. The number of furan rings is 1. The highest BCUT2D eigenvalue weighted by Gasteiger charge is 2.21. The summed E-state index contributed by atoms with van der Waals surface area (Å²) in [4.78, 5) is 23.2. The molecular formula is C19H16N2O4. The van der Waals surface area contributed by atoms with Gasteiger partial charge in [0.1, 0.15) is 11.8 Å². The van der Waals surface area contributed by atoms with Crippen LogP contribution in [0, 0.1) is 17.0 Å². The third-order valence-electron chi connectivity index (χ3n) is 3.90. The van der Waals surface area contributed by atoms with Gasteiger partial charge in [-0.1, -0.05) is 36.4 Å². The number of carbonyl (C=O) groups is 1. The lowest BCUT2D eigenvalue weighted by Crippen LogP contribution is -2.29. The van der Waals surface area contributed by atoms with E-state index < -0.39 is 16.9 Å². The van der Waals surface area contributed by atoms with E-state index >= 15 is 0 Å². The van der Waals surface area contributed by atoms with Crippen LogP contribution in [0.15, 0.2) is 71.3 Å². The number of hydrogen-bond acceptors (Lipinski definition) is 4. The SMILES string of the molecule is Cc1ccc(C(=O)NC(c2ccccc2)c2ccco2)cc1[N+](=O)[O-]. The smallest absolute Gasteiger partial charge is 0.273 e. The Kier molecular flexibility index (Phi) is 4.61. The number of aryl methyl sites for hydroxylation is 1. The maximum atomic E-state index is 12.6. The Labute approximate surface area is 144 Å². The van der Waals surface area contributed by atoms with Crippen LogP contribution in [-0.2, 0) is 0 Å². The first-order chi connectivity index (χ1) is 12.1. The molecule has 0 saturated carbocycles. The topological polar surface area (TPSA) is 85.4 Å². The van der Waals surface area contributed by atoms with Crippen molar-refractivity contribution >= 4 is 11.6 Å². The van der Waals surface area contributed by atoms with Crippen molar-refractivity contribution in [3.05, 3.63) is 99.5 Å². The van der Waals surface area contributed by atoms with E-state index in [1.54, 1.807) is 31.2 Å². The van der Waals surface area contributed by atoms with Crippen molar-refractivity contribution in [1.82, 2.24) is 5.32 Å². The second-order valence-corrected chi connectivity index (χ2v) is 5.59. The van der Waals surface area contributed by atoms with E-state index in [1.165, 1.54) is 12.3 Å². The zero-order chi connectivity index (χ0) is 17.8. The van der Waals surface area contributed by atoms with Crippen LogP contribution < -0.4 is 5.32 Å². The molecule has 1 N–H and O–H groups in total. The van der Waals surface area contributed by atoms with Gasteiger partial charge in [0.25, 0.3) is 11.6 Å². The molecule has 6 nitrogen and oxygen atoms in total. The largest absolute Gasteiger partial charge is 0.467 e. The minimum Gasteiger partial charge on any atom is -0.467 e. The molecule has 1 heterocycles. The number of carbonyl (C=O) groups excluding carboxylic acids is 1. The summed E-state index contributed by atoms with van der Waals surface area (Å²) in [5.74, 6) is 0.175. The van der Waals surface area contributed by atoms with E-state index in [2.05, 4.69) is 5.32 Å². The first-order valence-electron chi connectivity index (χ1n) is 7.70. The Morgan fingerprint density at radius 3 is 2.52 bits per heavy atom. The number of benzene rings is 2. The van der Waals surface area contributed by atoms with Crippen molar-refractivity contribution in [2.24, 2.45) is 0 Å². The van der Waals surface area contributed by atoms with Gasteiger partial charge < -0.3 is 9.73 Å². The summed E-state index contributed by atoms with van der Waals surface area (Å²) in [5, 5.41) is 14.0. The Morgan fingerprint density at radius 1 is 1.12 bits per heavy atom. The molecule has 3 rings (SSSR count). The second kappa shape index (κ2) is 7.00. The molecule has 3 aromatic rings. The van der Waals surface area contributed by atoms with E-state index in [4.69, 9.17) is 4.42 Å². The molecule has 2 aromatic carbocycles. The number of rotatable bonds is 5. The van der Waals surface area contributed by atoms with Gasteiger partial charge in [-0.2, -0.15) is 0 Å². The molecule has 1 unspecified atom stereocenters. The van der Waals surface area contributed by atoms with Gasteiger partial charge in [-0.15, -0.1) is 0 Å². The summed E-state index contributed by atoms with van der Waals surface area (Å²) in [5.41, 5.74) is 1.51. The van der Waals surface area contributed by atoms with Gasteiger partial charge in [0.05, 0.1) is 11.2 Å². The second-order valence-electron chi connectivity index (χ2n) is 5.59. The van der Waals surface area contributed by atoms with Crippen molar-refractivity contribution in [2.45, 2.75) is 13.0 Å². The van der Waals surface area contributed by atoms with E-state index in [1.807, 2.05) is 30.3 Å². The molecule has 1 amide bonds. The van der Waals surface area contributed by atoms with Crippen molar-refractivity contribution in [2.75, 3.05) is 0 Å². The molecule has 0 aliphatic rings. The standard InChI is InChI=1S/C19H16N2O4/c1-13-9-10-15(12-16(13)21(23)24)19(22)20-18(17-8-5-11-25-17)14-6-3-2-4-7-14/h2-12,18H,1H3,(H,20,22). The van der Waals surface area contributed by atoms with Crippen LogP contribution in [0.25, 0.3) is 0 Å². The third kappa shape index (κ3) is 3.58. The molecule has 0 spiro atoms. The van der Waals surface area contributed by atoms with Crippen LogP contribution in [0.5, 0.6) is 0 Å². The number of hydrogen-bond donors (Lipinski definition) is 1. The van der Waals surface area contributed by atoms with Crippen LogP contribution in [0.1, 0.15) is 33.3 Å². The van der Waals surface area contributed by atoms with Gasteiger partial charge in [-0.25, -0.2) is 0 Å². The molecule has 126 valence electrons. The number of amides is 1. The average Bonchev–Trinajstić information content (AvgIpc) is 3.14. The number of nitro benzene ring substituents is 1. The van der Waals surface area contributed by atoms with Gasteiger partial charge in [0, 0.05) is 17.2 Å². The molecule has 25 heavy (non-hydrogen) atoms. The van der Waals surface area contributed by atoms with Gasteiger partial charge in [-0.3, -0.25) is 14.9 Å². The first-order valence-corrected chi connectivity index (χ1v) is 7.70. The highest BCUT2D eigenvalue weighted by atomic mass is 16.6. The zero-order valence-electron chi connectivity index (χ0n) is 13.5. The van der Waals surface area contributed by atoms with E-state index in [0.717, 1.165) is 5.56 Å². The Bertz CT molecular complexity index is 889. The van der Waals surface area contributed by atoms with Crippen LogP contribution >= 0.6 is 0 Å². The van der Waals surface area contributed by atoms with Crippen molar-refractivity contribution < 1.29 is 14.1 Å². The lowest BCUT2D eigenvalue weighted by atomic mass is 10.0. The van der Waals surface area contributed by atoms with E-state index in [0.29, 0.717) is 11.3 Å². The minimum absolute atomic E-state index is 0.0816. The van der Waals surface area contributed by atoms with Crippen LogP contribution in [0.3, 0.4) is 0 Å². The molecule has 0 bridgehead atoms. The van der Waals surface area contributed by atoms with Crippen LogP contribution in [0.2, 0.25) is 0 Å². The van der Waals surface area contributed by atoms with Gasteiger partial charge in [-0.05, 0) is 30.7 Å². The monoisotopic (exact) mass is 336 g/mol. The quantitative estimate of drug-likeness (QED) is 0.563. The molecular weight excluding hydrogens is 320 g/mol. The summed E-state index contributed by atoms with van der Waals surface area (Å²) in [6.45, 7) is 1.63. The molecule has 1 aromatic heterocycles. The Hall–Kier alpha value is -3.41. The predicted molar refractivity (Wildman–Crippen MR) is 92.3 cm³/mol. The maximum Gasteiger partial charge on any atom is 0.273 e. The molecule has 0 radical (unpaired) electrons. The van der Waals surface area contributed by atoms with Crippen LogP contribution in [-0.4, -0.2) is 10.8 Å². The summed E-state index contributed by atoms with van der Waals surface area (Å²) < 4.78 is 5.44. The summed E-state index contributed by atoms with van der Waals surface area (Å²) in [6.07, 6.45) is 1.54. The first kappa shape index (κ1) is 16.4. The number of nitro groups is 1. The average molecular weight is 336 g/mol. The van der Waals surface area contributed by atoms with Crippen molar-refractivity contribution in [3.63, 3.8) is 0 Å². The summed E-state index contributed by atoms with van der Waals surface area (Å²) in [7, 11) is 0. The van der Waals surface area contributed by atoms with Crippen molar-refractivity contribution in [3.8, 4) is 0 Å². The molecule has 0 fully saturated rings. The van der Waals surface area contributed by atoms with E-state index in [9.17, 15) is 14.9 Å². The Morgan fingerprint density at radius 2 is 1.88 bits per heavy atom. The number of nitrogens with one attached hydrogen (secondary N) is 1. The van der Waals surface area contributed by atoms with Gasteiger partial charge in [0.15, 0.2) is 0 Å².